The van der Waals surface area contributed by atoms with E-state index in [1.54, 1.807) is 6.20 Å². The first-order chi connectivity index (χ1) is 9.00. The van der Waals surface area contributed by atoms with Gasteiger partial charge in [-0.3, -0.25) is 0 Å². The second-order valence-electron chi connectivity index (χ2n) is 4.59. The summed E-state index contributed by atoms with van der Waals surface area (Å²) in [5, 5.41) is 0. The smallest absolute Gasteiger partial charge is 0.143 e. The van der Waals surface area contributed by atoms with Crippen LogP contribution in [-0.4, -0.2) is 17.0 Å². The molecular weight excluding hydrogens is 254 g/mol. The van der Waals surface area contributed by atoms with Gasteiger partial charge in [0, 0.05) is 18.9 Å². The van der Waals surface area contributed by atoms with Crippen molar-refractivity contribution in [3.8, 4) is 0 Å². The van der Waals surface area contributed by atoms with E-state index in [1.165, 1.54) is 5.56 Å². The summed E-state index contributed by atoms with van der Waals surface area (Å²) in [6.45, 7) is 4.05. The molecule has 98 valence electrons. The Kier molecular flexibility index (Phi) is 3.81. The third kappa shape index (κ3) is 2.74. The predicted octanol–water partition coefficient (Wildman–Crippen LogP) is 3.10. The minimum Gasteiger partial charge on any atom is -0.389 e. The van der Waals surface area contributed by atoms with Crippen molar-refractivity contribution < 1.29 is 0 Å². The van der Waals surface area contributed by atoms with Crippen LogP contribution in [0.25, 0.3) is 0 Å². The molecule has 0 unspecified atom stereocenters. The molecule has 0 saturated carbocycles. The van der Waals surface area contributed by atoms with Gasteiger partial charge in [0.25, 0.3) is 0 Å². The number of nitrogens with zero attached hydrogens (tertiary/aromatic N) is 2. The summed E-state index contributed by atoms with van der Waals surface area (Å²) in [5.41, 5.74) is 9.97. The molecule has 0 fully saturated rings. The van der Waals surface area contributed by atoms with Gasteiger partial charge in [0.1, 0.15) is 10.8 Å². The predicted molar refractivity (Wildman–Crippen MR) is 84.1 cm³/mol. The van der Waals surface area contributed by atoms with Crippen LogP contribution < -0.4 is 10.6 Å². The molecule has 2 aromatic rings. The number of aromatic nitrogens is 1. The summed E-state index contributed by atoms with van der Waals surface area (Å²) < 4.78 is 0. The Morgan fingerprint density at radius 3 is 2.37 bits per heavy atom. The highest BCUT2D eigenvalue weighted by molar-refractivity contribution is 7.80. The van der Waals surface area contributed by atoms with Crippen LogP contribution in [0.15, 0.2) is 36.5 Å². The Labute approximate surface area is 119 Å². The van der Waals surface area contributed by atoms with Crippen LogP contribution in [0.2, 0.25) is 0 Å². The fourth-order valence-corrected chi connectivity index (χ4v) is 2.25. The molecule has 0 aliphatic heterocycles. The molecule has 2 N–H and O–H groups in total. The average molecular weight is 271 g/mol. The first-order valence-electron chi connectivity index (χ1n) is 6.06. The standard InChI is InChI=1S/C15H17N3S/c1-10-4-6-12(7-5-10)18(3)15-13(14(16)19)11(2)8-9-17-15/h4-9H,1-3H3,(H2,16,19). The van der Waals surface area contributed by atoms with Crippen molar-refractivity contribution in [2.45, 2.75) is 13.8 Å². The molecule has 1 aromatic carbocycles. The van der Waals surface area contributed by atoms with E-state index in [0.717, 1.165) is 22.6 Å². The highest BCUT2D eigenvalue weighted by atomic mass is 32.1. The van der Waals surface area contributed by atoms with E-state index in [-0.39, 0.29) is 0 Å². The maximum absolute atomic E-state index is 5.82. The molecule has 0 bridgehead atoms. The fourth-order valence-electron chi connectivity index (χ4n) is 1.99. The van der Waals surface area contributed by atoms with E-state index >= 15 is 0 Å². The van der Waals surface area contributed by atoms with Crippen LogP contribution in [0, 0.1) is 13.8 Å². The lowest BCUT2D eigenvalue weighted by atomic mass is 10.1. The minimum atomic E-state index is 0.375. The number of benzene rings is 1. The van der Waals surface area contributed by atoms with E-state index in [2.05, 4.69) is 36.2 Å². The van der Waals surface area contributed by atoms with Gasteiger partial charge in [-0.2, -0.15) is 0 Å². The van der Waals surface area contributed by atoms with Crippen LogP contribution in [0.1, 0.15) is 16.7 Å². The maximum Gasteiger partial charge on any atom is 0.143 e. The van der Waals surface area contributed by atoms with Crippen molar-refractivity contribution in [1.82, 2.24) is 4.98 Å². The number of thiocarbonyl (C=S) groups is 1. The van der Waals surface area contributed by atoms with Gasteiger partial charge in [0.15, 0.2) is 0 Å². The van der Waals surface area contributed by atoms with Crippen LogP contribution >= 0.6 is 12.2 Å². The van der Waals surface area contributed by atoms with Crippen molar-refractivity contribution in [2.75, 3.05) is 11.9 Å². The van der Waals surface area contributed by atoms with Gasteiger partial charge in [-0.1, -0.05) is 29.9 Å². The first kappa shape index (κ1) is 13.5. The molecule has 0 atom stereocenters. The highest BCUT2D eigenvalue weighted by Crippen LogP contribution is 2.26. The molecule has 2 rings (SSSR count). The summed E-state index contributed by atoms with van der Waals surface area (Å²) in [6.07, 6.45) is 1.77. The van der Waals surface area contributed by atoms with Crippen molar-refractivity contribution in [3.63, 3.8) is 0 Å². The number of rotatable bonds is 3. The van der Waals surface area contributed by atoms with Gasteiger partial charge in [-0.15, -0.1) is 0 Å². The summed E-state index contributed by atoms with van der Waals surface area (Å²) in [5.74, 6) is 0.788. The van der Waals surface area contributed by atoms with Crippen LogP contribution in [0.3, 0.4) is 0 Å². The molecule has 0 radical (unpaired) electrons. The zero-order valence-electron chi connectivity index (χ0n) is 11.3. The number of hydrogen-bond acceptors (Lipinski definition) is 3. The third-order valence-electron chi connectivity index (χ3n) is 3.12. The van der Waals surface area contributed by atoms with Gasteiger partial charge in [0.2, 0.25) is 0 Å². The molecule has 0 spiro atoms. The van der Waals surface area contributed by atoms with Crippen molar-refractivity contribution in [1.29, 1.82) is 0 Å². The van der Waals surface area contributed by atoms with Gasteiger partial charge in [-0.05, 0) is 37.6 Å². The highest BCUT2D eigenvalue weighted by Gasteiger charge is 2.14. The van der Waals surface area contributed by atoms with Crippen LogP contribution in [-0.2, 0) is 0 Å². The Bertz CT molecular complexity index is 605. The lowest BCUT2D eigenvalue weighted by molar-refractivity contribution is 1.11. The van der Waals surface area contributed by atoms with Gasteiger partial charge in [0.05, 0.1) is 5.56 Å². The zero-order chi connectivity index (χ0) is 14.0. The second kappa shape index (κ2) is 5.36. The number of aryl methyl sites for hydroxylation is 2. The van der Waals surface area contributed by atoms with E-state index in [9.17, 15) is 0 Å². The van der Waals surface area contributed by atoms with E-state index in [1.807, 2.05) is 24.9 Å². The molecule has 4 heteroatoms. The SMILES string of the molecule is Cc1ccc(N(C)c2nccc(C)c2C(N)=S)cc1. The summed E-state index contributed by atoms with van der Waals surface area (Å²) in [4.78, 5) is 6.79. The molecule has 1 aromatic heterocycles. The molecule has 0 aliphatic rings. The average Bonchev–Trinajstić information content (AvgIpc) is 2.38. The minimum absolute atomic E-state index is 0.375. The monoisotopic (exact) mass is 271 g/mol. The van der Waals surface area contributed by atoms with E-state index in [4.69, 9.17) is 18.0 Å². The topological polar surface area (TPSA) is 42.2 Å². The van der Waals surface area contributed by atoms with Crippen LogP contribution in [0.4, 0.5) is 11.5 Å². The largest absolute Gasteiger partial charge is 0.389 e. The summed E-state index contributed by atoms with van der Waals surface area (Å²) >= 11 is 5.14. The molecule has 1 heterocycles. The van der Waals surface area contributed by atoms with Crippen molar-refractivity contribution in [2.24, 2.45) is 5.73 Å². The number of pyridine rings is 1. The molecular formula is C15H17N3S. The Morgan fingerprint density at radius 2 is 1.79 bits per heavy atom. The molecule has 0 amide bonds. The lowest BCUT2D eigenvalue weighted by Crippen LogP contribution is -2.20. The summed E-state index contributed by atoms with van der Waals surface area (Å²) in [6, 6.07) is 10.2. The fraction of sp³-hybridized carbons (Fsp3) is 0.200. The molecule has 19 heavy (non-hydrogen) atoms. The van der Waals surface area contributed by atoms with Gasteiger partial charge < -0.3 is 10.6 Å². The van der Waals surface area contributed by atoms with Gasteiger partial charge >= 0.3 is 0 Å². The zero-order valence-corrected chi connectivity index (χ0v) is 12.2. The molecule has 0 saturated heterocycles. The van der Waals surface area contributed by atoms with E-state index < -0.39 is 0 Å². The molecule has 3 nitrogen and oxygen atoms in total. The Balaban J connectivity index is 2.49. The van der Waals surface area contributed by atoms with Gasteiger partial charge in [-0.25, -0.2) is 4.98 Å². The normalized spacial score (nSPS) is 10.3. The summed E-state index contributed by atoms with van der Waals surface area (Å²) in [7, 11) is 1.97. The molecule has 0 aliphatic carbocycles. The van der Waals surface area contributed by atoms with E-state index in [0.29, 0.717) is 4.99 Å². The lowest BCUT2D eigenvalue weighted by Gasteiger charge is -2.22. The third-order valence-corrected chi connectivity index (χ3v) is 3.33. The number of hydrogen-bond donors (Lipinski definition) is 1. The Hall–Kier alpha value is -1.94. The number of anilines is 2. The van der Waals surface area contributed by atoms with Crippen molar-refractivity contribution in [3.05, 3.63) is 53.2 Å². The number of nitrogens with two attached hydrogens (primary N) is 1. The quantitative estimate of drug-likeness (QED) is 0.871. The first-order valence-corrected chi connectivity index (χ1v) is 6.47. The Morgan fingerprint density at radius 1 is 1.16 bits per heavy atom. The maximum atomic E-state index is 5.82. The second-order valence-corrected chi connectivity index (χ2v) is 5.03. The van der Waals surface area contributed by atoms with Crippen LogP contribution in [0.5, 0.6) is 0 Å². The van der Waals surface area contributed by atoms with Crippen molar-refractivity contribution >= 4 is 28.7 Å².